The van der Waals surface area contributed by atoms with Crippen LogP contribution < -0.4 is 5.32 Å². The minimum absolute atomic E-state index is 0.248. The molecule has 0 amide bonds. The molecule has 1 aliphatic rings. The lowest BCUT2D eigenvalue weighted by atomic mass is 9.86. The van der Waals surface area contributed by atoms with Gasteiger partial charge in [0.1, 0.15) is 6.33 Å². The molecule has 1 aromatic carbocycles. The van der Waals surface area contributed by atoms with E-state index >= 15 is 0 Å². The number of nitrogens with zero attached hydrogens (tertiary/aromatic N) is 4. The lowest BCUT2D eigenvalue weighted by Gasteiger charge is -2.30. The van der Waals surface area contributed by atoms with Crippen molar-refractivity contribution in [2.45, 2.75) is 25.8 Å². The number of benzene rings is 1. The Balaban J connectivity index is 1.93. The van der Waals surface area contributed by atoms with Gasteiger partial charge in [-0.2, -0.15) is 0 Å². The second-order valence-corrected chi connectivity index (χ2v) is 5.23. The average molecular weight is 257 g/mol. The summed E-state index contributed by atoms with van der Waals surface area (Å²) in [7, 11) is 0. The van der Waals surface area contributed by atoms with Gasteiger partial charge in [-0.15, -0.1) is 5.10 Å². The minimum Gasteiger partial charge on any atom is -0.317 e. The van der Waals surface area contributed by atoms with Gasteiger partial charge in [0.25, 0.3) is 0 Å². The third-order valence-corrected chi connectivity index (χ3v) is 3.90. The van der Waals surface area contributed by atoms with Crippen LogP contribution >= 0.6 is 0 Å². The van der Waals surface area contributed by atoms with E-state index in [4.69, 9.17) is 0 Å². The number of rotatable bonds is 3. The van der Waals surface area contributed by atoms with E-state index in [0.29, 0.717) is 5.92 Å². The maximum atomic E-state index is 4.13. The minimum atomic E-state index is 0.248. The third kappa shape index (κ3) is 2.66. The predicted molar refractivity (Wildman–Crippen MR) is 72.7 cm³/mol. The van der Waals surface area contributed by atoms with Crippen molar-refractivity contribution in [3.05, 3.63) is 41.7 Å². The van der Waals surface area contributed by atoms with Crippen LogP contribution in [0.1, 0.15) is 30.0 Å². The van der Waals surface area contributed by atoms with E-state index in [2.05, 4.69) is 52.0 Å². The molecule has 0 saturated carbocycles. The molecule has 1 unspecified atom stereocenters. The van der Waals surface area contributed by atoms with Gasteiger partial charge in [-0.25, -0.2) is 4.68 Å². The lowest BCUT2D eigenvalue weighted by Crippen LogP contribution is -2.33. The third-order valence-electron chi connectivity index (χ3n) is 3.90. The van der Waals surface area contributed by atoms with Crippen molar-refractivity contribution in [3.8, 4) is 0 Å². The summed E-state index contributed by atoms with van der Waals surface area (Å²) in [6, 6.07) is 8.97. The highest BCUT2D eigenvalue weighted by Gasteiger charge is 2.27. The van der Waals surface area contributed by atoms with Gasteiger partial charge in [-0.05, 0) is 54.8 Å². The topological polar surface area (TPSA) is 55.6 Å². The monoisotopic (exact) mass is 257 g/mol. The SMILES string of the molecule is Cc1ccc(C(C2CCNCC2)n2cnnn2)cc1. The highest BCUT2D eigenvalue weighted by Crippen LogP contribution is 2.31. The summed E-state index contributed by atoms with van der Waals surface area (Å²) in [5.41, 5.74) is 2.58. The van der Waals surface area contributed by atoms with Crippen molar-refractivity contribution in [1.29, 1.82) is 0 Å². The summed E-state index contributed by atoms with van der Waals surface area (Å²) in [6.45, 7) is 4.27. The molecule has 1 aromatic heterocycles. The zero-order chi connectivity index (χ0) is 13.1. The van der Waals surface area contributed by atoms with Crippen molar-refractivity contribution >= 4 is 0 Å². The summed E-state index contributed by atoms with van der Waals surface area (Å²) in [5.74, 6) is 0.590. The Kier molecular flexibility index (Phi) is 3.55. The fraction of sp³-hybridized carbons (Fsp3) is 0.500. The van der Waals surface area contributed by atoms with Crippen LogP contribution in [-0.2, 0) is 0 Å². The molecule has 0 aliphatic carbocycles. The first-order valence-corrected chi connectivity index (χ1v) is 6.84. The van der Waals surface area contributed by atoms with Crippen LogP contribution in [0, 0.1) is 12.8 Å². The average Bonchev–Trinajstić information content (AvgIpc) is 2.96. The van der Waals surface area contributed by atoms with Gasteiger partial charge in [0, 0.05) is 0 Å². The van der Waals surface area contributed by atoms with Crippen LogP contribution in [0.2, 0.25) is 0 Å². The maximum Gasteiger partial charge on any atom is 0.138 e. The first kappa shape index (κ1) is 12.3. The molecular formula is C14H19N5. The number of hydrogen-bond acceptors (Lipinski definition) is 4. The molecule has 1 saturated heterocycles. The van der Waals surface area contributed by atoms with Crippen LogP contribution in [0.25, 0.3) is 0 Å². The van der Waals surface area contributed by atoms with E-state index in [0.717, 1.165) is 13.1 Å². The molecule has 0 radical (unpaired) electrons. The number of aromatic nitrogens is 4. The molecule has 19 heavy (non-hydrogen) atoms. The number of piperidine rings is 1. The molecule has 2 heterocycles. The summed E-state index contributed by atoms with van der Waals surface area (Å²) >= 11 is 0. The summed E-state index contributed by atoms with van der Waals surface area (Å²) in [4.78, 5) is 0. The van der Waals surface area contributed by atoms with Crippen molar-refractivity contribution in [2.75, 3.05) is 13.1 Å². The van der Waals surface area contributed by atoms with Crippen molar-refractivity contribution in [3.63, 3.8) is 0 Å². The molecule has 100 valence electrons. The zero-order valence-corrected chi connectivity index (χ0v) is 11.2. The van der Waals surface area contributed by atoms with Crippen LogP contribution in [0.4, 0.5) is 0 Å². The van der Waals surface area contributed by atoms with Gasteiger partial charge < -0.3 is 5.32 Å². The van der Waals surface area contributed by atoms with Gasteiger partial charge in [-0.1, -0.05) is 29.8 Å². The molecular weight excluding hydrogens is 238 g/mol. The Bertz CT molecular complexity index is 499. The Hall–Kier alpha value is -1.75. The molecule has 0 spiro atoms. The number of aryl methyl sites for hydroxylation is 1. The highest BCUT2D eigenvalue weighted by molar-refractivity contribution is 5.25. The fourth-order valence-electron chi connectivity index (χ4n) is 2.86. The first-order chi connectivity index (χ1) is 9.34. The molecule has 3 rings (SSSR count). The Morgan fingerprint density at radius 3 is 2.58 bits per heavy atom. The Morgan fingerprint density at radius 2 is 1.95 bits per heavy atom. The molecule has 1 N–H and O–H groups in total. The van der Waals surface area contributed by atoms with Crippen molar-refractivity contribution in [1.82, 2.24) is 25.5 Å². The van der Waals surface area contributed by atoms with E-state index in [1.54, 1.807) is 6.33 Å². The smallest absolute Gasteiger partial charge is 0.138 e. The van der Waals surface area contributed by atoms with Crippen molar-refractivity contribution in [2.24, 2.45) is 5.92 Å². The molecule has 5 nitrogen and oxygen atoms in total. The molecule has 1 aliphatic heterocycles. The quantitative estimate of drug-likeness (QED) is 0.907. The lowest BCUT2D eigenvalue weighted by molar-refractivity contribution is 0.274. The van der Waals surface area contributed by atoms with Gasteiger partial charge in [0.2, 0.25) is 0 Å². The molecule has 2 aromatic rings. The number of hydrogen-bond donors (Lipinski definition) is 1. The van der Waals surface area contributed by atoms with Crippen LogP contribution in [0.15, 0.2) is 30.6 Å². The molecule has 1 fully saturated rings. The zero-order valence-electron chi connectivity index (χ0n) is 11.2. The molecule has 1 atom stereocenters. The Morgan fingerprint density at radius 1 is 1.21 bits per heavy atom. The fourth-order valence-corrected chi connectivity index (χ4v) is 2.86. The second-order valence-electron chi connectivity index (χ2n) is 5.23. The van der Waals surface area contributed by atoms with E-state index in [9.17, 15) is 0 Å². The van der Waals surface area contributed by atoms with Crippen LogP contribution in [0.5, 0.6) is 0 Å². The van der Waals surface area contributed by atoms with Gasteiger partial charge in [0.05, 0.1) is 6.04 Å². The summed E-state index contributed by atoms with van der Waals surface area (Å²) < 4.78 is 1.90. The van der Waals surface area contributed by atoms with Crippen LogP contribution in [0.3, 0.4) is 0 Å². The number of tetrazole rings is 1. The van der Waals surface area contributed by atoms with Crippen molar-refractivity contribution < 1.29 is 0 Å². The summed E-state index contributed by atoms with van der Waals surface area (Å²) in [6.07, 6.45) is 4.06. The van der Waals surface area contributed by atoms with Gasteiger partial charge in [0.15, 0.2) is 0 Å². The van der Waals surface area contributed by atoms with E-state index in [1.807, 2.05) is 4.68 Å². The molecule has 5 heteroatoms. The first-order valence-electron chi connectivity index (χ1n) is 6.84. The largest absolute Gasteiger partial charge is 0.317 e. The molecule has 0 bridgehead atoms. The van der Waals surface area contributed by atoms with E-state index in [-0.39, 0.29) is 6.04 Å². The van der Waals surface area contributed by atoms with Gasteiger partial charge in [-0.3, -0.25) is 0 Å². The Labute approximate surface area is 113 Å². The predicted octanol–water partition coefficient (Wildman–Crippen LogP) is 1.57. The normalized spacial score (nSPS) is 18.4. The second kappa shape index (κ2) is 5.48. The summed E-state index contributed by atoms with van der Waals surface area (Å²) in [5, 5.41) is 15.1. The van der Waals surface area contributed by atoms with E-state index < -0.39 is 0 Å². The highest BCUT2D eigenvalue weighted by atomic mass is 15.5. The van der Waals surface area contributed by atoms with Gasteiger partial charge >= 0.3 is 0 Å². The van der Waals surface area contributed by atoms with Crippen LogP contribution in [-0.4, -0.2) is 33.3 Å². The maximum absolute atomic E-state index is 4.13. The number of nitrogens with one attached hydrogen (secondary N) is 1. The van der Waals surface area contributed by atoms with E-state index in [1.165, 1.54) is 24.0 Å². The standard InChI is InChI=1S/C14H19N5/c1-11-2-4-12(5-3-11)14(19-10-16-17-18-19)13-6-8-15-9-7-13/h2-5,10,13-15H,6-9H2,1H3.